The molecule has 6 aliphatic carbocycles. The molecule has 4 bridgehead atoms. The number of allylic oxidation sites excluding steroid dienone is 2. The van der Waals surface area contributed by atoms with Crippen LogP contribution in [0.1, 0.15) is 178 Å². The van der Waals surface area contributed by atoms with Crippen molar-refractivity contribution in [2.24, 2.45) is 29.1 Å². The lowest BCUT2D eigenvalue weighted by molar-refractivity contribution is 0.128. The van der Waals surface area contributed by atoms with Crippen LogP contribution in [-0.2, 0) is 21.8 Å². The predicted molar refractivity (Wildman–Crippen MR) is 281 cm³/mol. The van der Waals surface area contributed by atoms with Crippen molar-refractivity contribution in [2.45, 2.75) is 161 Å². The van der Waals surface area contributed by atoms with Crippen molar-refractivity contribution >= 4 is 16.8 Å². The molecule has 7 aliphatic rings. The molecule has 7 unspecified atom stereocenters. The van der Waals surface area contributed by atoms with E-state index in [-0.39, 0.29) is 21.7 Å². The minimum Gasteiger partial charge on any atom is -0.497 e. The average molecular weight is 895 g/mol. The van der Waals surface area contributed by atoms with Crippen LogP contribution in [0.2, 0.25) is 0 Å². The lowest BCUT2D eigenvalue weighted by Crippen LogP contribution is -2.41. The maximum absolute atomic E-state index is 8.11. The number of benzene rings is 5. The van der Waals surface area contributed by atoms with Gasteiger partial charge in [0.25, 0.3) is 0 Å². The first-order valence-corrected chi connectivity index (χ1v) is 26.5. The monoisotopic (exact) mass is 895 g/mol. The third-order valence-electron chi connectivity index (χ3n) is 17.8. The van der Waals surface area contributed by atoms with Gasteiger partial charge in [-0.3, -0.25) is 0 Å². The summed E-state index contributed by atoms with van der Waals surface area (Å²) in [5, 5.41) is 2.71. The van der Waals surface area contributed by atoms with E-state index in [1.807, 2.05) is 27.7 Å². The van der Waals surface area contributed by atoms with Crippen molar-refractivity contribution in [1.29, 1.82) is 0 Å². The summed E-state index contributed by atoms with van der Waals surface area (Å²) in [6.45, 7) is 20.6. The highest BCUT2D eigenvalue weighted by molar-refractivity contribution is 6.09. The van der Waals surface area contributed by atoms with Crippen LogP contribution in [0.3, 0.4) is 0 Å². The van der Waals surface area contributed by atoms with Gasteiger partial charge in [-0.25, -0.2) is 0 Å². The molecule has 352 valence electrons. The van der Waals surface area contributed by atoms with E-state index in [1.54, 1.807) is 30.9 Å². The highest BCUT2D eigenvalue weighted by Crippen LogP contribution is 2.67. The van der Waals surface area contributed by atoms with E-state index >= 15 is 0 Å². The Morgan fingerprint density at radius 2 is 1.30 bits per heavy atom. The van der Waals surface area contributed by atoms with Gasteiger partial charge in [0.05, 0.1) is 14.2 Å². The summed E-state index contributed by atoms with van der Waals surface area (Å²) in [4.78, 5) is 0. The first kappa shape index (κ1) is 46.0. The molecule has 1 aliphatic heterocycles. The second-order valence-corrected chi connectivity index (χ2v) is 23.0. The Morgan fingerprint density at radius 3 is 1.97 bits per heavy atom. The van der Waals surface area contributed by atoms with Gasteiger partial charge < -0.3 is 14.2 Å². The molecule has 0 amide bonds. The van der Waals surface area contributed by atoms with Crippen LogP contribution in [0.4, 0.5) is 0 Å². The van der Waals surface area contributed by atoms with Gasteiger partial charge in [-0.2, -0.15) is 0 Å². The number of rotatable bonds is 6. The molecule has 0 saturated heterocycles. The van der Waals surface area contributed by atoms with E-state index in [4.69, 9.17) is 14.2 Å². The number of methoxy groups -OCH3 is 2. The fourth-order valence-corrected chi connectivity index (χ4v) is 16.2. The number of hydrogen-bond donors (Lipinski definition) is 0. The van der Waals surface area contributed by atoms with Gasteiger partial charge in [0, 0.05) is 32.9 Å². The van der Waals surface area contributed by atoms with E-state index in [0.29, 0.717) is 11.8 Å². The Morgan fingerprint density at radius 1 is 0.657 bits per heavy atom. The molecule has 12 rings (SSSR count). The Bertz CT molecular complexity index is 2690. The highest BCUT2D eigenvalue weighted by atomic mass is 16.5. The molecule has 1 spiro atoms. The topological polar surface area (TPSA) is 27.7 Å². The van der Waals surface area contributed by atoms with E-state index in [0.717, 1.165) is 53.1 Å². The van der Waals surface area contributed by atoms with Crippen LogP contribution in [0.5, 0.6) is 17.2 Å². The van der Waals surface area contributed by atoms with E-state index < -0.39 is 5.60 Å². The fraction of sp³-hybridized carbons (Fsp3) is 0.500. The van der Waals surface area contributed by atoms with Gasteiger partial charge in [0.15, 0.2) is 5.60 Å². The highest BCUT2D eigenvalue weighted by Gasteiger charge is 2.55. The Hall–Kier alpha value is -4.76. The SMILES string of the molecule is CC.CC.COc1ccc(C2(c3ccc(OC)cc3)C=Cc3c4c(c5cc(C67CC=C(CC(C)C6)C7)c(C67CCC(CC(C)C6)C7)cc5c3O2)-c2ccccc2C42CC(C)CC(C)(C)C2)cc1. The molecule has 5 aromatic rings. The molecule has 4 saturated carbocycles. The second-order valence-electron chi connectivity index (χ2n) is 23.0. The van der Waals surface area contributed by atoms with Crippen LogP contribution in [0.25, 0.3) is 28.0 Å². The zero-order valence-corrected chi connectivity index (χ0v) is 42.8. The normalized spacial score (nSPS) is 29.9. The van der Waals surface area contributed by atoms with Crippen LogP contribution >= 0.6 is 0 Å². The molecule has 0 radical (unpaired) electrons. The van der Waals surface area contributed by atoms with Gasteiger partial charge in [0.2, 0.25) is 0 Å². The van der Waals surface area contributed by atoms with E-state index in [9.17, 15) is 0 Å². The standard InChI is InChI=1S/C60H66O3.2C2H6/c1-37-26-40-20-23-57(31-37,34-40)51-28-48-49(29-52(51)58-24-21-41(35-58)27-38(2)32-58)55-47(54-53(48)46-10-8-9-11-50(46)59(54)33-39(3)30-56(4,5)36-59)22-25-60(63-55,42-12-16-44(61-6)17-13-42)43-14-18-45(62-7)19-15-43;2*1-2/h8-20,22,25,28-29,37-39,41H,21,23-24,26-27,30-36H2,1-7H3;2*1-2H3. The average Bonchev–Trinajstić information content (AvgIpc) is 3.94. The summed E-state index contributed by atoms with van der Waals surface area (Å²) >= 11 is 0. The van der Waals surface area contributed by atoms with Gasteiger partial charge in [0.1, 0.15) is 17.2 Å². The van der Waals surface area contributed by atoms with Crippen LogP contribution in [0.15, 0.2) is 103 Å². The molecule has 3 heteroatoms. The van der Waals surface area contributed by atoms with Crippen molar-refractivity contribution in [2.75, 3.05) is 14.2 Å². The smallest absolute Gasteiger partial charge is 0.178 e. The molecule has 0 N–H and O–H groups in total. The summed E-state index contributed by atoms with van der Waals surface area (Å²) in [5.41, 5.74) is 14.1. The van der Waals surface area contributed by atoms with Crippen molar-refractivity contribution in [3.8, 4) is 28.4 Å². The maximum atomic E-state index is 8.11. The summed E-state index contributed by atoms with van der Waals surface area (Å²) in [6, 6.07) is 32.3. The first-order valence-electron chi connectivity index (χ1n) is 26.5. The maximum Gasteiger partial charge on any atom is 0.178 e. The minimum atomic E-state index is -0.874. The van der Waals surface area contributed by atoms with Gasteiger partial charge in [-0.1, -0.05) is 129 Å². The Balaban J connectivity index is 0.00000128. The van der Waals surface area contributed by atoms with Crippen LogP contribution in [0, 0.1) is 29.1 Å². The molecule has 5 aromatic carbocycles. The fourth-order valence-electron chi connectivity index (χ4n) is 16.2. The second kappa shape index (κ2) is 17.0. The summed E-state index contributed by atoms with van der Waals surface area (Å²) in [6.07, 6.45) is 22.7. The zero-order valence-electron chi connectivity index (χ0n) is 42.8. The minimum absolute atomic E-state index is 0.117. The summed E-state index contributed by atoms with van der Waals surface area (Å²) in [7, 11) is 3.49. The quantitative estimate of drug-likeness (QED) is 0.159. The molecule has 0 aromatic heterocycles. The first-order chi connectivity index (χ1) is 32.4. The van der Waals surface area contributed by atoms with Gasteiger partial charge in [-0.15, -0.1) is 0 Å². The number of fused-ring (bicyclic) bond motifs is 14. The van der Waals surface area contributed by atoms with Crippen LogP contribution in [-0.4, -0.2) is 14.2 Å². The molecule has 1 heterocycles. The van der Waals surface area contributed by atoms with Gasteiger partial charge >= 0.3 is 0 Å². The van der Waals surface area contributed by atoms with Gasteiger partial charge in [-0.05, 0) is 193 Å². The lowest BCUT2D eigenvalue weighted by atomic mass is 9.56. The van der Waals surface area contributed by atoms with E-state index in [1.165, 1.54) is 103 Å². The van der Waals surface area contributed by atoms with Crippen molar-refractivity contribution in [3.05, 3.63) is 142 Å². The molecule has 4 fully saturated rings. The van der Waals surface area contributed by atoms with E-state index in [2.05, 4.69) is 138 Å². The molecular weight excluding hydrogens is 817 g/mol. The molecule has 3 nitrogen and oxygen atoms in total. The van der Waals surface area contributed by atoms with Crippen molar-refractivity contribution < 1.29 is 14.2 Å². The largest absolute Gasteiger partial charge is 0.497 e. The van der Waals surface area contributed by atoms with Crippen molar-refractivity contribution in [3.63, 3.8) is 0 Å². The lowest BCUT2D eigenvalue weighted by Gasteiger charge is -2.48. The molecule has 7 atom stereocenters. The number of ether oxygens (including phenoxy) is 3. The molecular formula is C64H78O3. The third-order valence-corrected chi connectivity index (χ3v) is 17.8. The third kappa shape index (κ3) is 7.16. The number of hydrogen-bond acceptors (Lipinski definition) is 3. The summed E-state index contributed by atoms with van der Waals surface area (Å²) < 4.78 is 19.6. The van der Waals surface area contributed by atoms with Crippen LogP contribution < -0.4 is 14.2 Å². The zero-order chi connectivity index (χ0) is 47.1. The Labute approximate surface area is 403 Å². The Kier molecular flexibility index (Phi) is 11.7. The molecule has 67 heavy (non-hydrogen) atoms. The van der Waals surface area contributed by atoms with Crippen molar-refractivity contribution in [1.82, 2.24) is 0 Å². The predicted octanol–water partition coefficient (Wildman–Crippen LogP) is 17.2. The summed E-state index contributed by atoms with van der Waals surface area (Å²) in [5.74, 6) is 5.60.